The van der Waals surface area contributed by atoms with E-state index >= 15 is 0 Å². The highest BCUT2D eigenvalue weighted by atomic mass is 16.5. The molecule has 2 aromatic rings. The molecule has 1 fully saturated rings. The van der Waals surface area contributed by atoms with E-state index in [1.165, 1.54) is 12.8 Å². The average Bonchev–Trinajstić information content (AvgIpc) is 3.16. The zero-order valence-electron chi connectivity index (χ0n) is 10.7. The van der Waals surface area contributed by atoms with Crippen molar-refractivity contribution in [3.63, 3.8) is 0 Å². The second-order valence-electron chi connectivity index (χ2n) is 5.44. The lowest BCUT2D eigenvalue weighted by molar-refractivity contribution is 0.153. The van der Waals surface area contributed by atoms with Gasteiger partial charge in [0.1, 0.15) is 11.9 Å². The lowest BCUT2D eigenvalue weighted by atomic mass is 9.96. The molecule has 0 spiro atoms. The van der Waals surface area contributed by atoms with Crippen molar-refractivity contribution in [2.75, 3.05) is 0 Å². The van der Waals surface area contributed by atoms with Gasteiger partial charge in [0.2, 0.25) is 0 Å². The van der Waals surface area contributed by atoms with Gasteiger partial charge in [-0.25, -0.2) is 4.98 Å². The summed E-state index contributed by atoms with van der Waals surface area (Å²) in [4.78, 5) is 4.28. The number of benzene rings is 1. The van der Waals surface area contributed by atoms with E-state index in [9.17, 15) is 0 Å². The molecule has 2 N–H and O–H groups in total. The maximum absolute atomic E-state index is 6.27. The number of aromatic nitrogens is 2. The molecule has 2 unspecified atom stereocenters. The second-order valence-corrected chi connectivity index (χ2v) is 5.44. The Balaban J connectivity index is 1.69. The molecule has 0 bridgehead atoms. The van der Waals surface area contributed by atoms with Crippen molar-refractivity contribution in [2.24, 2.45) is 5.73 Å². The van der Waals surface area contributed by atoms with Crippen LogP contribution in [0.4, 0.5) is 0 Å². The molecule has 1 aromatic carbocycles. The van der Waals surface area contributed by atoms with Gasteiger partial charge < -0.3 is 15.0 Å². The normalized spacial score (nSPS) is 25.7. The third-order valence-corrected chi connectivity index (χ3v) is 4.02. The fourth-order valence-corrected chi connectivity index (χ4v) is 2.86. The van der Waals surface area contributed by atoms with E-state index in [4.69, 9.17) is 10.5 Å². The Morgan fingerprint density at radius 2 is 2.11 bits per heavy atom. The van der Waals surface area contributed by atoms with Crippen LogP contribution in [0.5, 0.6) is 5.75 Å². The summed E-state index contributed by atoms with van der Waals surface area (Å²) in [5.74, 6) is 0.912. The molecule has 1 aliphatic carbocycles. The van der Waals surface area contributed by atoms with Gasteiger partial charge in [0.05, 0.1) is 18.2 Å². The van der Waals surface area contributed by atoms with E-state index < -0.39 is 0 Å². The number of imidazole rings is 1. The van der Waals surface area contributed by atoms with Gasteiger partial charge in [-0.2, -0.15) is 0 Å². The van der Waals surface area contributed by atoms with E-state index in [1.54, 1.807) is 0 Å². The number of nitrogens with zero attached hydrogens (tertiary/aromatic N) is 2. The van der Waals surface area contributed by atoms with E-state index in [2.05, 4.69) is 15.6 Å². The second kappa shape index (κ2) is 4.10. The Labute approximate surface area is 112 Å². The molecule has 0 radical (unpaired) electrons. The largest absolute Gasteiger partial charge is 0.484 e. The molecule has 0 amide bonds. The number of nitrogens with two attached hydrogens (primary N) is 1. The van der Waals surface area contributed by atoms with Crippen LogP contribution in [0, 0.1) is 0 Å². The van der Waals surface area contributed by atoms with Crippen LogP contribution >= 0.6 is 0 Å². The topological polar surface area (TPSA) is 53.1 Å². The highest BCUT2D eigenvalue weighted by molar-refractivity contribution is 5.38. The van der Waals surface area contributed by atoms with Crippen molar-refractivity contribution in [3.8, 4) is 5.75 Å². The zero-order valence-corrected chi connectivity index (χ0v) is 10.7. The predicted octanol–water partition coefficient (Wildman–Crippen LogP) is 2.74. The molecule has 4 rings (SSSR count). The molecule has 1 saturated carbocycles. The quantitative estimate of drug-likeness (QED) is 0.897. The molecular formula is C15H17N3O. The Bertz CT molecular complexity index is 603. The smallest absolute Gasteiger partial charge is 0.142 e. The van der Waals surface area contributed by atoms with Crippen LogP contribution in [0.15, 0.2) is 36.8 Å². The number of hydrogen-bond donors (Lipinski definition) is 1. The van der Waals surface area contributed by atoms with E-state index in [0.29, 0.717) is 6.04 Å². The minimum Gasteiger partial charge on any atom is -0.484 e. The van der Waals surface area contributed by atoms with Crippen molar-refractivity contribution < 1.29 is 4.74 Å². The third-order valence-electron chi connectivity index (χ3n) is 4.02. The molecule has 4 nitrogen and oxygen atoms in total. The molecule has 1 aliphatic heterocycles. The minimum atomic E-state index is 0.0213. The molecule has 4 heteroatoms. The van der Waals surface area contributed by atoms with Crippen LogP contribution in [-0.2, 0) is 0 Å². The van der Waals surface area contributed by atoms with Gasteiger partial charge in [0, 0.05) is 24.1 Å². The summed E-state index contributed by atoms with van der Waals surface area (Å²) < 4.78 is 8.38. The van der Waals surface area contributed by atoms with Gasteiger partial charge in [0.15, 0.2) is 0 Å². The number of hydrogen-bond acceptors (Lipinski definition) is 3. The van der Waals surface area contributed by atoms with Gasteiger partial charge in [-0.3, -0.25) is 0 Å². The van der Waals surface area contributed by atoms with Crippen molar-refractivity contribution in [1.82, 2.24) is 9.55 Å². The van der Waals surface area contributed by atoms with Crippen molar-refractivity contribution in [1.29, 1.82) is 0 Å². The number of ether oxygens (including phenoxy) is 1. The number of para-hydroxylation sites is 1. The van der Waals surface area contributed by atoms with Gasteiger partial charge in [-0.05, 0) is 18.9 Å². The van der Waals surface area contributed by atoms with Crippen molar-refractivity contribution >= 4 is 0 Å². The first-order valence-corrected chi connectivity index (χ1v) is 6.86. The lowest BCUT2D eigenvalue weighted by Crippen LogP contribution is -2.25. The van der Waals surface area contributed by atoms with Crippen LogP contribution in [0.25, 0.3) is 0 Å². The summed E-state index contributed by atoms with van der Waals surface area (Å²) in [6, 6.07) is 8.71. The molecule has 0 saturated heterocycles. The van der Waals surface area contributed by atoms with Crippen LogP contribution in [0.2, 0.25) is 0 Å². The molecule has 2 atom stereocenters. The molecule has 2 heterocycles. The van der Waals surface area contributed by atoms with E-state index in [-0.39, 0.29) is 12.1 Å². The SMILES string of the molecule is NC1CC(c2cncn2C2CC2)Oc2ccccc21. The van der Waals surface area contributed by atoms with E-state index in [1.807, 2.05) is 30.7 Å². The Morgan fingerprint density at radius 3 is 2.95 bits per heavy atom. The fourth-order valence-electron chi connectivity index (χ4n) is 2.86. The number of rotatable bonds is 2. The van der Waals surface area contributed by atoms with Gasteiger partial charge >= 0.3 is 0 Å². The van der Waals surface area contributed by atoms with Crippen LogP contribution in [0.1, 0.15) is 48.7 Å². The summed E-state index contributed by atoms with van der Waals surface area (Å²) in [6.07, 6.45) is 7.17. The maximum atomic E-state index is 6.27. The highest BCUT2D eigenvalue weighted by Gasteiger charge is 2.32. The standard InChI is InChI=1S/C15H17N3O/c16-12-7-15(19-14-4-2-1-3-11(12)14)13-8-17-9-18(13)10-5-6-10/h1-4,8-10,12,15H,5-7,16H2. The zero-order chi connectivity index (χ0) is 12.8. The Kier molecular flexibility index (Phi) is 2.38. The average molecular weight is 255 g/mol. The highest BCUT2D eigenvalue weighted by Crippen LogP contribution is 2.42. The molecular weight excluding hydrogens is 238 g/mol. The first kappa shape index (κ1) is 11.1. The van der Waals surface area contributed by atoms with Crippen molar-refractivity contribution in [3.05, 3.63) is 48.0 Å². The van der Waals surface area contributed by atoms with Gasteiger partial charge in [-0.1, -0.05) is 18.2 Å². The first-order chi connectivity index (χ1) is 9.33. The van der Waals surface area contributed by atoms with Gasteiger partial charge in [-0.15, -0.1) is 0 Å². The fraction of sp³-hybridized carbons (Fsp3) is 0.400. The van der Waals surface area contributed by atoms with Gasteiger partial charge in [0.25, 0.3) is 0 Å². The maximum Gasteiger partial charge on any atom is 0.142 e. The summed E-state index contributed by atoms with van der Waals surface area (Å²) in [5.41, 5.74) is 8.54. The monoisotopic (exact) mass is 255 g/mol. The van der Waals surface area contributed by atoms with E-state index in [0.717, 1.165) is 23.4 Å². The summed E-state index contributed by atoms with van der Waals surface area (Å²) in [7, 11) is 0. The summed E-state index contributed by atoms with van der Waals surface area (Å²) in [6.45, 7) is 0. The van der Waals surface area contributed by atoms with Crippen LogP contribution in [0.3, 0.4) is 0 Å². The minimum absolute atomic E-state index is 0.0213. The Hall–Kier alpha value is -1.81. The molecule has 1 aromatic heterocycles. The number of fused-ring (bicyclic) bond motifs is 1. The first-order valence-electron chi connectivity index (χ1n) is 6.86. The molecule has 2 aliphatic rings. The molecule has 98 valence electrons. The summed E-state index contributed by atoms with van der Waals surface area (Å²) >= 11 is 0. The predicted molar refractivity (Wildman–Crippen MR) is 71.9 cm³/mol. The Morgan fingerprint density at radius 1 is 1.26 bits per heavy atom. The van der Waals surface area contributed by atoms with Crippen LogP contribution in [-0.4, -0.2) is 9.55 Å². The third kappa shape index (κ3) is 1.83. The summed E-state index contributed by atoms with van der Waals surface area (Å²) in [5, 5.41) is 0. The van der Waals surface area contributed by atoms with Crippen LogP contribution < -0.4 is 10.5 Å². The molecule has 19 heavy (non-hydrogen) atoms. The van der Waals surface area contributed by atoms with Crippen molar-refractivity contribution in [2.45, 2.75) is 37.5 Å². The lowest BCUT2D eigenvalue weighted by Gasteiger charge is -2.30.